The second kappa shape index (κ2) is 8.18. The van der Waals surface area contributed by atoms with Gasteiger partial charge in [0.2, 0.25) is 5.82 Å². The number of H-pyrrole nitrogens is 1. The number of anilines is 2. The molecule has 12 nitrogen and oxygen atoms in total. The van der Waals surface area contributed by atoms with E-state index in [-0.39, 0.29) is 22.9 Å². The van der Waals surface area contributed by atoms with E-state index in [1.807, 2.05) is 5.32 Å². The summed E-state index contributed by atoms with van der Waals surface area (Å²) in [4.78, 5) is 21.1. The predicted molar refractivity (Wildman–Crippen MR) is 112 cm³/mol. The number of methoxy groups -OCH3 is 1. The van der Waals surface area contributed by atoms with Crippen LogP contribution in [-0.2, 0) is 7.05 Å². The molecule has 0 saturated heterocycles. The Kier molecular flexibility index (Phi) is 4.34. The molecule has 12 heteroatoms. The van der Waals surface area contributed by atoms with Gasteiger partial charge in [0.25, 0.3) is 5.91 Å². The fourth-order valence-electron chi connectivity index (χ4n) is 2.92. The number of carbonyl (C=O) groups excluding carboxylic acids is 1. The lowest BCUT2D eigenvalue weighted by Gasteiger charge is -2.15. The number of hydrogen-bond donors (Lipinski definition) is 3. The molecule has 31 heavy (non-hydrogen) atoms. The molecule has 4 aromatic rings. The second-order valence-corrected chi connectivity index (χ2v) is 6.44. The number of hydrogen-bond acceptors (Lipinski definition) is 9. The van der Waals surface area contributed by atoms with E-state index in [0.29, 0.717) is 28.6 Å². The van der Waals surface area contributed by atoms with E-state index in [1.165, 1.54) is 13.2 Å². The summed E-state index contributed by atoms with van der Waals surface area (Å²) >= 11 is 0. The van der Waals surface area contributed by atoms with Crippen LogP contribution in [0.15, 0.2) is 30.6 Å². The number of para-hydroxylation sites is 1. The largest absolute Gasteiger partial charge is 0.494 e. The molecule has 0 unspecified atom stereocenters. The first-order chi connectivity index (χ1) is 16.1. The van der Waals surface area contributed by atoms with Crippen LogP contribution >= 0.6 is 0 Å². The molecule has 3 heterocycles. The van der Waals surface area contributed by atoms with Gasteiger partial charge in [-0.3, -0.25) is 14.6 Å². The summed E-state index contributed by atoms with van der Waals surface area (Å²) in [6.45, 7) is -0.985. The maximum atomic E-state index is 12.7. The van der Waals surface area contributed by atoms with Gasteiger partial charge in [0, 0.05) is 18.1 Å². The van der Waals surface area contributed by atoms with Crippen molar-refractivity contribution in [1.82, 2.24) is 45.5 Å². The lowest BCUT2D eigenvalue weighted by molar-refractivity contribution is 0.0958. The second-order valence-electron chi connectivity index (χ2n) is 6.44. The smallest absolute Gasteiger partial charge is 0.273 e. The molecule has 1 aromatic carbocycles. The van der Waals surface area contributed by atoms with E-state index in [2.05, 4.69) is 40.8 Å². The van der Waals surface area contributed by atoms with E-state index < -0.39 is 12.9 Å². The molecule has 0 aliphatic carbocycles. The molecule has 3 N–H and O–H groups in total. The fourth-order valence-corrected chi connectivity index (χ4v) is 2.92. The average Bonchev–Trinajstić information content (AvgIpc) is 3.40. The molecule has 0 bridgehead atoms. The zero-order chi connectivity index (χ0) is 24.5. The van der Waals surface area contributed by atoms with Crippen molar-refractivity contribution in [2.45, 2.75) is 6.92 Å². The van der Waals surface area contributed by atoms with Crippen molar-refractivity contribution < 1.29 is 13.6 Å². The molecule has 0 atom stereocenters. The molecule has 0 saturated carbocycles. The normalized spacial score (nSPS) is 12.5. The maximum absolute atomic E-state index is 12.7. The lowest BCUT2D eigenvalue weighted by atomic mass is 10.1. The highest BCUT2D eigenvalue weighted by Gasteiger charge is 2.20. The summed E-state index contributed by atoms with van der Waals surface area (Å²) in [6, 6.07) is 6.75. The predicted octanol–water partition coefficient (Wildman–Crippen LogP) is 1.48. The highest BCUT2D eigenvalue weighted by Crippen LogP contribution is 2.37. The van der Waals surface area contributed by atoms with Crippen molar-refractivity contribution in [2.24, 2.45) is 7.05 Å². The number of nitrogens with zero attached hydrogens (tertiary/aromatic N) is 7. The third kappa shape index (κ3) is 3.90. The number of aromatic amines is 1. The summed E-state index contributed by atoms with van der Waals surface area (Å²) in [6.07, 6.45) is 1.56. The maximum Gasteiger partial charge on any atom is 0.273 e. The number of ether oxygens (including phenoxy) is 1. The van der Waals surface area contributed by atoms with Gasteiger partial charge in [0.15, 0.2) is 17.3 Å². The zero-order valence-corrected chi connectivity index (χ0v) is 16.8. The molecular weight excluding hydrogens is 400 g/mol. The van der Waals surface area contributed by atoms with Crippen LogP contribution in [0.3, 0.4) is 0 Å². The molecule has 158 valence electrons. The number of carbonyl (C=O) groups is 1. The minimum absolute atomic E-state index is 0.165. The lowest BCUT2D eigenvalue weighted by Crippen LogP contribution is -2.21. The molecule has 0 fully saturated rings. The van der Waals surface area contributed by atoms with Crippen LogP contribution < -0.4 is 15.4 Å². The number of amides is 1. The van der Waals surface area contributed by atoms with E-state index >= 15 is 0 Å². The van der Waals surface area contributed by atoms with Gasteiger partial charge >= 0.3 is 0 Å². The Morgan fingerprint density at radius 1 is 1.26 bits per heavy atom. The first-order valence-corrected chi connectivity index (χ1v) is 9.04. The van der Waals surface area contributed by atoms with Crippen LogP contribution in [0.5, 0.6) is 5.75 Å². The average molecular weight is 423 g/mol. The van der Waals surface area contributed by atoms with Crippen LogP contribution in [0, 0.1) is 6.92 Å². The molecular formula is C19H20N10O2. The van der Waals surface area contributed by atoms with Crippen LogP contribution in [0.25, 0.3) is 22.9 Å². The van der Waals surface area contributed by atoms with Gasteiger partial charge in [-0.05, 0) is 25.1 Å². The highest BCUT2D eigenvalue weighted by atomic mass is 16.5. The fraction of sp³-hybridized carbons (Fsp3) is 0.211. The van der Waals surface area contributed by atoms with Crippen LogP contribution in [0.4, 0.5) is 11.4 Å². The highest BCUT2D eigenvalue weighted by molar-refractivity contribution is 5.98. The van der Waals surface area contributed by atoms with E-state index in [0.717, 1.165) is 0 Å². The van der Waals surface area contributed by atoms with E-state index in [9.17, 15) is 4.79 Å². The van der Waals surface area contributed by atoms with Gasteiger partial charge < -0.3 is 15.4 Å². The summed E-state index contributed by atoms with van der Waals surface area (Å²) in [7, 11) is 3.23. The Morgan fingerprint density at radius 2 is 2.13 bits per heavy atom. The molecule has 1 amide bonds. The molecule has 0 aliphatic rings. The van der Waals surface area contributed by atoms with Crippen molar-refractivity contribution in [1.29, 1.82) is 0 Å². The SMILES string of the molecule is [2H]C([2H])([2H])NC(=O)c1nnc(-c2n[nH]c(C)n2)cc1Nc1cccc(-c2ncn(C)n2)c1OC. The molecule has 0 spiro atoms. The van der Waals surface area contributed by atoms with Gasteiger partial charge in [0.1, 0.15) is 17.8 Å². The van der Waals surface area contributed by atoms with E-state index in [1.54, 1.807) is 43.2 Å². The summed E-state index contributed by atoms with van der Waals surface area (Å²) in [5.74, 6) is 0.729. The summed E-state index contributed by atoms with van der Waals surface area (Å²) in [5.41, 5.74) is 1.25. The third-order valence-electron chi connectivity index (χ3n) is 4.28. The Bertz CT molecular complexity index is 1350. The van der Waals surface area contributed by atoms with Crippen molar-refractivity contribution in [3.63, 3.8) is 0 Å². The van der Waals surface area contributed by atoms with Crippen molar-refractivity contribution in [2.75, 3.05) is 19.4 Å². The number of nitrogens with one attached hydrogen (secondary N) is 3. The first kappa shape index (κ1) is 16.4. The number of benzene rings is 1. The van der Waals surface area contributed by atoms with E-state index in [4.69, 9.17) is 8.85 Å². The minimum Gasteiger partial charge on any atom is -0.494 e. The number of rotatable bonds is 6. The number of aromatic nitrogens is 8. The molecule has 3 aromatic heterocycles. The monoisotopic (exact) mass is 423 g/mol. The molecule has 0 aliphatic heterocycles. The van der Waals surface area contributed by atoms with Gasteiger partial charge in [-0.1, -0.05) is 6.07 Å². The van der Waals surface area contributed by atoms with Gasteiger partial charge in [-0.25, -0.2) is 9.97 Å². The molecule has 0 radical (unpaired) electrons. The Labute approximate surface area is 181 Å². The van der Waals surface area contributed by atoms with Crippen LogP contribution in [0.1, 0.15) is 20.4 Å². The Balaban J connectivity index is 1.80. The topological polar surface area (TPSA) is 148 Å². The Hall–Kier alpha value is -4.35. The Morgan fingerprint density at radius 3 is 2.81 bits per heavy atom. The zero-order valence-electron chi connectivity index (χ0n) is 19.8. The van der Waals surface area contributed by atoms with Crippen LogP contribution in [0.2, 0.25) is 0 Å². The first-order valence-electron chi connectivity index (χ1n) is 10.5. The summed E-state index contributed by atoms with van der Waals surface area (Å²) in [5, 5.41) is 24.0. The van der Waals surface area contributed by atoms with Gasteiger partial charge in [-0.2, -0.15) is 10.2 Å². The van der Waals surface area contributed by atoms with Gasteiger partial charge in [0.05, 0.1) is 24.0 Å². The standard InChI is InChI=1S/C19H20N10O2/c1-10-22-18(27-24-10)14-8-13(15(26-25-14)19(30)20-2)23-12-7-5-6-11(16(12)31-4)17-21-9-29(3)28-17/h5-9H,1-4H3,(H,20,30)(H,23,25)(H,22,24,27)/i2D3. The third-order valence-corrected chi connectivity index (χ3v) is 4.28. The number of aryl methyl sites for hydroxylation is 2. The van der Waals surface area contributed by atoms with Gasteiger partial charge in [-0.15, -0.1) is 10.2 Å². The van der Waals surface area contributed by atoms with Crippen molar-refractivity contribution in [3.8, 4) is 28.7 Å². The van der Waals surface area contributed by atoms with Crippen molar-refractivity contribution >= 4 is 17.3 Å². The van der Waals surface area contributed by atoms with Crippen LogP contribution in [-0.4, -0.2) is 60.1 Å². The minimum atomic E-state index is -2.71. The molecule has 4 rings (SSSR count). The quantitative estimate of drug-likeness (QED) is 0.419. The summed E-state index contributed by atoms with van der Waals surface area (Å²) < 4.78 is 29.2. The van der Waals surface area contributed by atoms with Crippen molar-refractivity contribution in [3.05, 3.63) is 42.1 Å².